The van der Waals surface area contributed by atoms with Gasteiger partial charge in [0.25, 0.3) is 0 Å². The minimum absolute atomic E-state index is 0.0293. The molecule has 0 atom stereocenters. The normalized spacial score (nSPS) is 13.4. The Balaban J connectivity index is 0.000000505. The summed E-state index contributed by atoms with van der Waals surface area (Å²) in [6.45, 7) is 6.02. The lowest BCUT2D eigenvalue weighted by Gasteiger charge is -2.25. The van der Waals surface area contributed by atoms with Gasteiger partial charge in [0.1, 0.15) is 0 Å². The number of aromatic nitrogens is 2. The smallest absolute Gasteiger partial charge is 0.305 e. The van der Waals surface area contributed by atoms with E-state index in [0.29, 0.717) is 17.9 Å². The average Bonchev–Trinajstić information content (AvgIpc) is 3.25. The molecule has 0 amide bonds. The SMILES string of the molecule is CC(C)C(=O)O.Cc1ccc(C(=O)c2nc3ccccc3n2CC/C=C/c2cccc(C3CCC3)c2)cc1. The Morgan fingerprint density at radius 1 is 1.03 bits per heavy atom. The van der Waals surface area contributed by atoms with E-state index < -0.39 is 5.97 Å². The number of ketones is 1. The number of imidazole rings is 1. The summed E-state index contributed by atoms with van der Waals surface area (Å²) < 4.78 is 2.06. The van der Waals surface area contributed by atoms with Gasteiger partial charge in [-0.2, -0.15) is 0 Å². The number of allylic oxidation sites excluding steroid dienone is 1. The zero-order chi connectivity index (χ0) is 27.1. The predicted molar refractivity (Wildman–Crippen MR) is 154 cm³/mol. The maximum atomic E-state index is 13.2. The first-order valence-electron chi connectivity index (χ1n) is 13.4. The van der Waals surface area contributed by atoms with Crippen molar-refractivity contribution in [1.82, 2.24) is 9.55 Å². The molecule has 1 aromatic heterocycles. The third-order valence-electron chi connectivity index (χ3n) is 6.98. The van der Waals surface area contributed by atoms with E-state index >= 15 is 0 Å². The van der Waals surface area contributed by atoms with Gasteiger partial charge in [-0.05, 0) is 55.4 Å². The molecule has 0 radical (unpaired) electrons. The summed E-state index contributed by atoms with van der Waals surface area (Å²) in [7, 11) is 0. The fourth-order valence-electron chi connectivity index (χ4n) is 4.39. The summed E-state index contributed by atoms with van der Waals surface area (Å²) >= 11 is 0. The van der Waals surface area contributed by atoms with E-state index in [1.807, 2.05) is 55.5 Å². The summed E-state index contributed by atoms with van der Waals surface area (Å²) in [6, 6.07) is 24.6. The number of nitrogens with zero attached hydrogens (tertiary/aromatic N) is 2. The number of aliphatic carboxylic acids is 1. The number of fused-ring (bicyclic) bond motifs is 1. The van der Waals surface area contributed by atoms with Gasteiger partial charge in [0.2, 0.25) is 5.78 Å². The zero-order valence-electron chi connectivity index (χ0n) is 22.4. The van der Waals surface area contributed by atoms with Crippen molar-refractivity contribution in [3.63, 3.8) is 0 Å². The molecule has 5 rings (SSSR count). The first-order chi connectivity index (χ1) is 18.3. The number of benzene rings is 3. The Labute approximate surface area is 224 Å². The van der Waals surface area contributed by atoms with Gasteiger partial charge in [-0.15, -0.1) is 0 Å². The molecular weight excluding hydrogens is 472 g/mol. The summed E-state index contributed by atoms with van der Waals surface area (Å²) in [6.07, 6.45) is 9.23. The van der Waals surface area contributed by atoms with Crippen molar-refractivity contribution in [3.8, 4) is 0 Å². The third-order valence-corrected chi connectivity index (χ3v) is 6.98. The lowest BCUT2D eigenvalue weighted by Crippen LogP contribution is -2.11. The molecule has 1 heterocycles. The number of para-hydroxylation sites is 2. The number of carbonyl (C=O) groups excluding carboxylic acids is 1. The Morgan fingerprint density at radius 3 is 2.39 bits per heavy atom. The number of hydrogen-bond acceptors (Lipinski definition) is 3. The minimum atomic E-state index is -0.741. The number of carboxylic acid groups (broad SMARTS) is 1. The van der Waals surface area contributed by atoms with E-state index in [1.165, 1.54) is 30.4 Å². The molecule has 1 aliphatic carbocycles. The second-order valence-electron chi connectivity index (χ2n) is 10.3. The van der Waals surface area contributed by atoms with Crippen LogP contribution < -0.4 is 0 Å². The van der Waals surface area contributed by atoms with Crippen LogP contribution >= 0.6 is 0 Å². The highest BCUT2D eigenvalue weighted by Crippen LogP contribution is 2.36. The molecular formula is C33H36N2O3. The fourth-order valence-corrected chi connectivity index (χ4v) is 4.39. The molecule has 38 heavy (non-hydrogen) atoms. The number of aryl methyl sites for hydroxylation is 2. The van der Waals surface area contributed by atoms with E-state index in [4.69, 9.17) is 5.11 Å². The topological polar surface area (TPSA) is 72.2 Å². The summed E-state index contributed by atoms with van der Waals surface area (Å²) in [4.78, 5) is 27.6. The number of rotatable bonds is 8. The van der Waals surface area contributed by atoms with E-state index in [1.54, 1.807) is 13.8 Å². The van der Waals surface area contributed by atoms with Crippen LogP contribution in [0.4, 0.5) is 0 Å². The maximum absolute atomic E-state index is 13.2. The van der Waals surface area contributed by atoms with Gasteiger partial charge in [0.05, 0.1) is 17.0 Å². The second kappa shape index (κ2) is 12.5. The van der Waals surface area contributed by atoms with Crippen LogP contribution in [0, 0.1) is 12.8 Å². The van der Waals surface area contributed by atoms with Crippen LogP contribution in [0.3, 0.4) is 0 Å². The largest absolute Gasteiger partial charge is 0.481 e. The molecule has 0 unspecified atom stereocenters. The van der Waals surface area contributed by atoms with Gasteiger partial charge in [0, 0.05) is 12.1 Å². The molecule has 0 aliphatic heterocycles. The van der Waals surface area contributed by atoms with Crippen LogP contribution in [-0.2, 0) is 11.3 Å². The number of carbonyl (C=O) groups is 2. The van der Waals surface area contributed by atoms with Crippen molar-refractivity contribution in [2.45, 2.75) is 58.9 Å². The maximum Gasteiger partial charge on any atom is 0.305 e. The Morgan fingerprint density at radius 2 is 1.74 bits per heavy atom. The predicted octanol–water partition coefficient (Wildman–Crippen LogP) is 7.67. The molecule has 3 aromatic carbocycles. The molecule has 5 nitrogen and oxygen atoms in total. The van der Waals surface area contributed by atoms with Crippen molar-refractivity contribution in [3.05, 3.63) is 107 Å². The summed E-state index contributed by atoms with van der Waals surface area (Å²) in [5.74, 6) is 0.254. The summed E-state index contributed by atoms with van der Waals surface area (Å²) in [5, 5.41) is 7.99. The van der Waals surface area contributed by atoms with Crippen molar-refractivity contribution >= 4 is 28.9 Å². The monoisotopic (exact) mass is 508 g/mol. The highest BCUT2D eigenvalue weighted by atomic mass is 16.4. The highest BCUT2D eigenvalue weighted by molar-refractivity contribution is 6.08. The standard InChI is InChI=1S/C29H28N2O.C4H8O2/c1-21-15-17-24(18-16-21)28(32)29-30-26-13-2-3-14-27(26)31(29)19-5-4-8-22-9-6-12-25(20-22)23-10-7-11-23;1-3(2)4(5)6/h2-4,6,8-9,12-18,20,23H,5,7,10-11,19H2,1H3;3H,1-2H3,(H,5,6)/b8-4+;. The van der Waals surface area contributed by atoms with Gasteiger partial charge in [-0.3, -0.25) is 9.59 Å². The van der Waals surface area contributed by atoms with Crippen LogP contribution in [-0.4, -0.2) is 26.4 Å². The molecule has 0 bridgehead atoms. The first kappa shape index (κ1) is 27.1. The summed E-state index contributed by atoms with van der Waals surface area (Å²) in [5.41, 5.74) is 6.39. The quantitative estimate of drug-likeness (QED) is 0.248. The molecule has 1 N–H and O–H groups in total. The van der Waals surface area contributed by atoms with Crippen LogP contribution in [0.5, 0.6) is 0 Å². The van der Waals surface area contributed by atoms with Gasteiger partial charge >= 0.3 is 5.97 Å². The lowest BCUT2D eigenvalue weighted by molar-refractivity contribution is -0.140. The van der Waals surface area contributed by atoms with Crippen molar-refractivity contribution in [2.24, 2.45) is 5.92 Å². The van der Waals surface area contributed by atoms with Crippen molar-refractivity contribution in [1.29, 1.82) is 0 Å². The van der Waals surface area contributed by atoms with E-state index in [0.717, 1.165) is 28.9 Å². The minimum Gasteiger partial charge on any atom is -0.481 e. The highest BCUT2D eigenvalue weighted by Gasteiger charge is 2.20. The van der Waals surface area contributed by atoms with E-state index in [9.17, 15) is 9.59 Å². The molecule has 1 saturated carbocycles. The van der Waals surface area contributed by atoms with Gasteiger partial charge in [-0.1, -0.05) is 98.6 Å². The van der Waals surface area contributed by atoms with Gasteiger partial charge in [0.15, 0.2) is 5.82 Å². The van der Waals surface area contributed by atoms with E-state index in [2.05, 4.69) is 46.0 Å². The number of carboxylic acids is 1. The van der Waals surface area contributed by atoms with E-state index in [-0.39, 0.29) is 11.7 Å². The molecule has 0 spiro atoms. The fraction of sp³-hybridized carbons (Fsp3) is 0.303. The average molecular weight is 509 g/mol. The lowest BCUT2D eigenvalue weighted by atomic mass is 9.80. The van der Waals surface area contributed by atoms with Crippen LogP contribution in [0.15, 0.2) is 78.9 Å². The molecule has 5 heteroatoms. The first-order valence-corrected chi connectivity index (χ1v) is 13.4. The Bertz CT molecular complexity index is 1430. The molecule has 1 aliphatic rings. The second-order valence-corrected chi connectivity index (χ2v) is 10.3. The van der Waals surface area contributed by atoms with Crippen molar-refractivity contribution in [2.75, 3.05) is 0 Å². The third kappa shape index (κ3) is 6.65. The molecule has 0 saturated heterocycles. The Kier molecular flexibility index (Phi) is 8.90. The van der Waals surface area contributed by atoms with Crippen molar-refractivity contribution < 1.29 is 14.7 Å². The van der Waals surface area contributed by atoms with Gasteiger partial charge in [-0.25, -0.2) is 4.98 Å². The van der Waals surface area contributed by atoms with Gasteiger partial charge < -0.3 is 9.67 Å². The molecule has 4 aromatic rings. The molecule has 196 valence electrons. The van der Waals surface area contributed by atoms with Crippen LogP contribution in [0.25, 0.3) is 17.1 Å². The Hall–Kier alpha value is -3.99. The molecule has 1 fully saturated rings. The van der Waals surface area contributed by atoms with Crippen LogP contribution in [0.1, 0.15) is 78.3 Å². The zero-order valence-corrected chi connectivity index (χ0v) is 22.4. The van der Waals surface area contributed by atoms with Crippen LogP contribution in [0.2, 0.25) is 0 Å². The number of hydrogen-bond donors (Lipinski definition) is 1.